The van der Waals surface area contributed by atoms with Gasteiger partial charge in [0.05, 0.1) is 19.3 Å². The van der Waals surface area contributed by atoms with Crippen LogP contribution in [0.25, 0.3) is 0 Å². The van der Waals surface area contributed by atoms with E-state index in [0.29, 0.717) is 13.2 Å². The molecule has 1 unspecified atom stereocenters. The molecule has 0 bridgehead atoms. The predicted octanol–water partition coefficient (Wildman–Crippen LogP) is 8.38. The Morgan fingerprint density at radius 2 is 1.47 bits per heavy atom. The van der Waals surface area contributed by atoms with Crippen LogP contribution in [0.3, 0.4) is 0 Å². The van der Waals surface area contributed by atoms with Crippen molar-refractivity contribution in [3.63, 3.8) is 0 Å². The highest BCUT2D eigenvalue weighted by molar-refractivity contribution is 6.48. The van der Waals surface area contributed by atoms with Gasteiger partial charge in [-0.25, -0.2) is 0 Å². The van der Waals surface area contributed by atoms with Crippen LogP contribution >= 0.6 is 0 Å². The second-order valence-corrected chi connectivity index (χ2v) is 12.3. The molecule has 0 aliphatic heterocycles. The number of hydrogen-bond donors (Lipinski definition) is 0. The maximum absolute atomic E-state index is 6.32. The van der Waals surface area contributed by atoms with Gasteiger partial charge in [0, 0.05) is 0 Å². The highest BCUT2D eigenvalue weighted by Crippen LogP contribution is 2.36. The molecule has 1 atom stereocenters. The Hall–Kier alpha value is -0.903. The van der Waals surface area contributed by atoms with Crippen molar-refractivity contribution in [3.8, 4) is 0 Å². The van der Waals surface area contributed by atoms with Crippen LogP contribution in [0, 0.1) is 5.41 Å². The lowest BCUT2D eigenvalue weighted by Gasteiger charge is -2.33. The molecule has 0 spiro atoms. The Morgan fingerprint density at radius 3 is 2.03 bits per heavy atom. The van der Waals surface area contributed by atoms with Crippen LogP contribution in [-0.2, 0) is 15.8 Å². The van der Waals surface area contributed by atoms with Crippen LogP contribution in [0.5, 0.6) is 0 Å². The van der Waals surface area contributed by atoms with Gasteiger partial charge in [-0.2, -0.15) is 0 Å². The van der Waals surface area contributed by atoms with Crippen molar-refractivity contribution in [3.05, 3.63) is 47.5 Å². The third kappa shape index (κ3) is 12.7. The molecule has 0 radical (unpaired) electrons. The molecule has 30 heavy (non-hydrogen) atoms. The summed E-state index contributed by atoms with van der Waals surface area (Å²) in [4.78, 5) is 0. The molecule has 172 valence electrons. The summed E-state index contributed by atoms with van der Waals surface area (Å²) in [6.45, 7) is 14.9. The highest BCUT2D eigenvalue weighted by atomic mass is 28.3. The topological polar surface area (TPSA) is 18.5 Å². The van der Waals surface area contributed by atoms with Crippen molar-refractivity contribution >= 4 is 9.04 Å². The predicted molar refractivity (Wildman–Crippen MR) is 135 cm³/mol. The molecule has 1 aromatic carbocycles. The van der Waals surface area contributed by atoms with Gasteiger partial charge in [0.2, 0.25) is 0 Å². The molecule has 0 aromatic heterocycles. The van der Waals surface area contributed by atoms with Crippen LogP contribution in [-0.4, -0.2) is 15.6 Å². The number of unbranched alkanes of at least 4 members (excludes halogenated alkanes) is 8. The summed E-state index contributed by atoms with van der Waals surface area (Å²) in [6, 6.07) is 8.79. The molecule has 0 saturated heterocycles. The smallest absolute Gasteiger partial charge is 0.171 e. The van der Waals surface area contributed by atoms with Gasteiger partial charge >= 0.3 is 0 Å². The average molecular weight is 433 g/mol. The van der Waals surface area contributed by atoms with Crippen LogP contribution < -0.4 is 0 Å². The molecule has 2 nitrogen and oxygen atoms in total. The van der Waals surface area contributed by atoms with E-state index in [9.17, 15) is 0 Å². The van der Waals surface area contributed by atoms with Gasteiger partial charge in [0.1, 0.15) is 0 Å². The van der Waals surface area contributed by atoms with E-state index in [1.54, 1.807) is 0 Å². The van der Waals surface area contributed by atoms with Gasteiger partial charge < -0.3 is 9.16 Å². The minimum atomic E-state index is -1.09. The van der Waals surface area contributed by atoms with E-state index in [4.69, 9.17) is 9.16 Å². The fourth-order valence-electron chi connectivity index (χ4n) is 3.67. The normalized spacial score (nSPS) is 13.4. The molecule has 0 heterocycles. The summed E-state index contributed by atoms with van der Waals surface area (Å²) >= 11 is 0. The second kappa shape index (κ2) is 15.8. The van der Waals surface area contributed by atoms with E-state index < -0.39 is 9.04 Å². The Bertz CT molecular complexity index is 557. The van der Waals surface area contributed by atoms with E-state index >= 15 is 0 Å². The first-order valence-corrected chi connectivity index (χ1v) is 15.1. The third-order valence-electron chi connectivity index (χ3n) is 5.35. The molecule has 0 amide bonds. The van der Waals surface area contributed by atoms with Crippen LogP contribution in [0.4, 0.5) is 0 Å². The Balaban J connectivity index is 2.21. The number of ether oxygens (including phenoxy) is 1. The lowest BCUT2D eigenvalue weighted by atomic mass is 9.84. The number of rotatable bonds is 16. The summed E-state index contributed by atoms with van der Waals surface area (Å²) in [7, 11) is -1.09. The molecular formula is C27H48O2Si. The third-order valence-corrected chi connectivity index (χ3v) is 6.17. The quantitative estimate of drug-likeness (QED) is 0.148. The first-order valence-electron chi connectivity index (χ1n) is 12.3. The molecule has 3 heteroatoms. The van der Waals surface area contributed by atoms with E-state index in [1.165, 1.54) is 68.9 Å². The van der Waals surface area contributed by atoms with E-state index in [1.807, 2.05) is 0 Å². The summed E-state index contributed by atoms with van der Waals surface area (Å²) < 4.78 is 12.1. The van der Waals surface area contributed by atoms with Gasteiger partial charge in [-0.3, -0.25) is 0 Å². The van der Waals surface area contributed by atoms with Gasteiger partial charge in [0.15, 0.2) is 9.04 Å². The minimum Gasteiger partial charge on any atom is -0.413 e. The van der Waals surface area contributed by atoms with Gasteiger partial charge in [-0.15, -0.1) is 0 Å². The van der Waals surface area contributed by atoms with Gasteiger partial charge in [-0.1, -0.05) is 109 Å². The maximum Gasteiger partial charge on any atom is 0.171 e. The van der Waals surface area contributed by atoms with Crippen LogP contribution in [0.1, 0.15) is 103 Å². The van der Waals surface area contributed by atoms with Crippen molar-refractivity contribution < 1.29 is 9.16 Å². The fraction of sp³-hybridized carbons (Fsp3) is 0.704. The van der Waals surface area contributed by atoms with Gasteiger partial charge in [0.25, 0.3) is 0 Å². The van der Waals surface area contributed by atoms with Crippen molar-refractivity contribution in [1.29, 1.82) is 0 Å². The zero-order chi connectivity index (χ0) is 22.2. The maximum atomic E-state index is 6.32. The van der Waals surface area contributed by atoms with Crippen molar-refractivity contribution in [1.82, 2.24) is 0 Å². The number of hydrogen-bond acceptors (Lipinski definition) is 2. The first-order chi connectivity index (χ1) is 14.3. The standard InChI is InChI=1S/C27H48O2Si/c1-7-8-9-10-11-12-13-14-15-16-17-22-28-23-24-18-20-25(21-19-24)26(27(2,3)4)29-30(5)6/h16-21,26,30H,7-15,22-23H2,1-6H3. The van der Waals surface area contributed by atoms with Crippen molar-refractivity contribution in [2.75, 3.05) is 6.61 Å². The summed E-state index contributed by atoms with van der Waals surface area (Å²) in [6.07, 6.45) is 16.8. The zero-order valence-electron chi connectivity index (χ0n) is 20.7. The molecule has 0 aliphatic carbocycles. The van der Waals surface area contributed by atoms with E-state index in [0.717, 1.165) is 0 Å². The molecule has 0 fully saturated rings. The van der Waals surface area contributed by atoms with Crippen LogP contribution in [0.2, 0.25) is 13.1 Å². The lowest BCUT2D eigenvalue weighted by molar-refractivity contribution is 0.0865. The molecule has 0 saturated carbocycles. The summed E-state index contributed by atoms with van der Waals surface area (Å²) in [5, 5.41) is 0. The Kier molecular flexibility index (Phi) is 14.3. The largest absolute Gasteiger partial charge is 0.413 e. The van der Waals surface area contributed by atoms with Crippen LogP contribution in [0.15, 0.2) is 36.4 Å². The lowest BCUT2D eigenvalue weighted by Crippen LogP contribution is -2.25. The number of benzene rings is 1. The van der Waals surface area contributed by atoms with Gasteiger partial charge in [-0.05, 0) is 42.5 Å². The van der Waals surface area contributed by atoms with Crippen molar-refractivity contribution in [2.45, 2.75) is 111 Å². The summed E-state index contributed by atoms with van der Waals surface area (Å²) in [5.41, 5.74) is 2.61. The fourth-order valence-corrected chi connectivity index (χ4v) is 4.78. The molecular weight excluding hydrogens is 384 g/mol. The monoisotopic (exact) mass is 432 g/mol. The molecule has 0 N–H and O–H groups in total. The molecule has 1 aromatic rings. The Morgan fingerprint density at radius 1 is 0.867 bits per heavy atom. The van der Waals surface area contributed by atoms with Crippen molar-refractivity contribution in [2.24, 2.45) is 5.41 Å². The first kappa shape index (κ1) is 27.1. The summed E-state index contributed by atoms with van der Waals surface area (Å²) in [5.74, 6) is 0. The molecule has 1 rings (SSSR count). The highest BCUT2D eigenvalue weighted by Gasteiger charge is 2.27. The zero-order valence-corrected chi connectivity index (χ0v) is 21.9. The molecule has 0 aliphatic rings. The average Bonchev–Trinajstić information content (AvgIpc) is 2.69. The Labute approximate surface area is 189 Å². The van der Waals surface area contributed by atoms with E-state index in [2.05, 4.69) is 77.2 Å². The van der Waals surface area contributed by atoms with E-state index in [-0.39, 0.29) is 11.5 Å². The SMILES string of the molecule is CCCCCCCCCCC=CCOCc1ccc(C(O[SiH](C)C)C(C)(C)C)cc1. The minimum absolute atomic E-state index is 0.106. The number of allylic oxidation sites excluding steroid dienone is 1. The second-order valence-electron chi connectivity index (χ2n) is 9.92.